The lowest BCUT2D eigenvalue weighted by atomic mass is 9.96. The van der Waals surface area contributed by atoms with Crippen LogP contribution in [0.4, 0.5) is 0 Å². The van der Waals surface area contributed by atoms with Gasteiger partial charge in [0, 0.05) is 17.0 Å². The van der Waals surface area contributed by atoms with Gasteiger partial charge in [-0.15, -0.1) is 0 Å². The van der Waals surface area contributed by atoms with Crippen LogP contribution in [0.3, 0.4) is 0 Å². The molecule has 21 heavy (non-hydrogen) atoms. The molecule has 4 heteroatoms. The van der Waals surface area contributed by atoms with Crippen molar-refractivity contribution in [3.63, 3.8) is 0 Å². The number of carboxylic acids is 1. The van der Waals surface area contributed by atoms with Crippen LogP contribution in [0.2, 0.25) is 0 Å². The molecule has 0 bridgehead atoms. The third-order valence-corrected chi connectivity index (χ3v) is 3.89. The van der Waals surface area contributed by atoms with Crippen LogP contribution < -0.4 is 4.74 Å². The second-order valence-corrected chi connectivity index (χ2v) is 5.44. The molecule has 1 aliphatic rings. The predicted octanol–water partition coefficient (Wildman–Crippen LogP) is 3.35. The number of benzene rings is 1. The summed E-state index contributed by atoms with van der Waals surface area (Å²) in [5.41, 5.74) is 4.08. The predicted molar refractivity (Wildman–Crippen MR) is 81.6 cm³/mol. The van der Waals surface area contributed by atoms with E-state index < -0.39 is 5.97 Å². The first-order chi connectivity index (χ1) is 10.0. The maximum absolute atomic E-state index is 10.6. The van der Waals surface area contributed by atoms with Crippen molar-refractivity contribution < 1.29 is 14.6 Å². The molecule has 3 rings (SSSR count). The Labute approximate surface area is 123 Å². The van der Waals surface area contributed by atoms with E-state index >= 15 is 0 Å². The molecule has 1 aromatic carbocycles. The topological polar surface area (TPSA) is 59.4 Å². The average molecular weight is 283 g/mol. The molecule has 1 aromatic heterocycles. The summed E-state index contributed by atoms with van der Waals surface area (Å²) in [6, 6.07) is 5.76. The first kappa shape index (κ1) is 13.6. The number of carboxylic acid groups (broad SMARTS) is 1. The molecule has 108 valence electrons. The Balaban J connectivity index is 2.11. The van der Waals surface area contributed by atoms with Crippen LogP contribution in [0.5, 0.6) is 5.88 Å². The van der Waals surface area contributed by atoms with Gasteiger partial charge in [-0.3, -0.25) is 0 Å². The Morgan fingerprint density at radius 1 is 1.48 bits per heavy atom. The summed E-state index contributed by atoms with van der Waals surface area (Å²) in [7, 11) is 0. The summed E-state index contributed by atoms with van der Waals surface area (Å²) in [5.74, 6) is -0.203. The van der Waals surface area contributed by atoms with Crippen molar-refractivity contribution in [1.29, 1.82) is 0 Å². The van der Waals surface area contributed by atoms with Crippen LogP contribution >= 0.6 is 0 Å². The van der Waals surface area contributed by atoms with E-state index in [0.29, 0.717) is 0 Å². The number of aliphatic carboxylic acids is 1. The molecular formula is C17H17NO3. The van der Waals surface area contributed by atoms with E-state index in [0.717, 1.165) is 41.3 Å². The van der Waals surface area contributed by atoms with Crippen molar-refractivity contribution in [1.82, 2.24) is 4.98 Å². The van der Waals surface area contributed by atoms with Gasteiger partial charge in [-0.1, -0.05) is 6.07 Å². The van der Waals surface area contributed by atoms with Gasteiger partial charge < -0.3 is 9.84 Å². The zero-order valence-corrected chi connectivity index (χ0v) is 12.1. The molecule has 1 atom stereocenters. The van der Waals surface area contributed by atoms with Gasteiger partial charge in [0.15, 0.2) is 0 Å². The van der Waals surface area contributed by atoms with Gasteiger partial charge in [-0.2, -0.15) is 0 Å². The first-order valence-electron chi connectivity index (χ1n) is 7.05. The lowest BCUT2D eigenvalue weighted by Gasteiger charge is -2.24. The number of aryl methyl sites for hydroxylation is 1. The normalized spacial score (nSPS) is 17.7. The molecule has 0 saturated carbocycles. The van der Waals surface area contributed by atoms with Gasteiger partial charge in [0.2, 0.25) is 5.88 Å². The number of carbonyl (C=O) groups is 1. The second kappa shape index (κ2) is 5.20. The van der Waals surface area contributed by atoms with E-state index in [-0.39, 0.29) is 6.10 Å². The van der Waals surface area contributed by atoms with Crippen LogP contribution in [0.1, 0.15) is 30.0 Å². The highest BCUT2D eigenvalue weighted by atomic mass is 16.5. The number of aromatic nitrogens is 1. The summed E-state index contributed by atoms with van der Waals surface area (Å²) in [6.45, 7) is 4.14. The summed E-state index contributed by atoms with van der Waals surface area (Å²) in [5, 5.41) is 9.76. The van der Waals surface area contributed by atoms with Crippen molar-refractivity contribution in [3.05, 3.63) is 41.0 Å². The standard InChI is InChI=1S/C17H17NO3/c1-10-3-6-13-11(2)14-9-12(5-8-16(19)20)4-7-15(14)18-17(13)21-10/h4-5,7-10H,3,6H2,1-2H3,(H,19,20)/b8-5+. The first-order valence-corrected chi connectivity index (χ1v) is 7.05. The van der Waals surface area contributed by atoms with Crippen molar-refractivity contribution in [2.24, 2.45) is 0 Å². The minimum Gasteiger partial charge on any atom is -0.478 e. The fraction of sp³-hybridized carbons (Fsp3) is 0.294. The van der Waals surface area contributed by atoms with Gasteiger partial charge in [0.1, 0.15) is 0 Å². The molecule has 0 spiro atoms. The van der Waals surface area contributed by atoms with Gasteiger partial charge in [0.25, 0.3) is 0 Å². The van der Waals surface area contributed by atoms with Crippen molar-refractivity contribution in [3.8, 4) is 5.88 Å². The summed E-state index contributed by atoms with van der Waals surface area (Å²) >= 11 is 0. The van der Waals surface area contributed by atoms with Gasteiger partial charge >= 0.3 is 5.97 Å². The summed E-state index contributed by atoms with van der Waals surface area (Å²) in [4.78, 5) is 15.2. The number of rotatable bonds is 2. The third kappa shape index (κ3) is 2.61. The molecule has 0 saturated heterocycles. The summed E-state index contributed by atoms with van der Waals surface area (Å²) < 4.78 is 5.83. The number of hydrogen-bond acceptors (Lipinski definition) is 3. The number of nitrogens with zero attached hydrogens (tertiary/aromatic N) is 1. The molecule has 1 aliphatic heterocycles. The van der Waals surface area contributed by atoms with E-state index in [1.807, 2.05) is 18.2 Å². The zero-order valence-electron chi connectivity index (χ0n) is 12.1. The van der Waals surface area contributed by atoms with E-state index in [2.05, 4.69) is 18.8 Å². The fourth-order valence-corrected chi connectivity index (χ4v) is 2.71. The van der Waals surface area contributed by atoms with E-state index in [9.17, 15) is 4.79 Å². The average Bonchev–Trinajstić information content (AvgIpc) is 2.45. The highest BCUT2D eigenvalue weighted by Crippen LogP contribution is 2.33. The number of ether oxygens (including phenoxy) is 1. The van der Waals surface area contributed by atoms with E-state index in [1.54, 1.807) is 6.08 Å². The highest BCUT2D eigenvalue weighted by Gasteiger charge is 2.20. The molecule has 0 fully saturated rings. The van der Waals surface area contributed by atoms with Crippen LogP contribution in [-0.2, 0) is 11.2 Å². The van der Waals surface area contributed by atoms with Gasteiger partial charge in [-0.05, 0) is 56.0 Å². The minimum atomic E-state index is -0.947. The lowest BCUT2D eigenvalue weighted by molar-refractivity contribution is -0.131. The van der Waals surface area contributed by atoms with Crippen molar-refractivity contribution in [2.75, 3.05) is 0 Å². The molecule has 1 N–H and O–H groups in total. The van der Waals surface area contributed by atoms with Crippen LogP contribution in [0.25, 0.3) is 17.0 Å². The number of pyridine rings is 1. The Morgan fingerprint density at radius 2 is 2.29 bits per heavy atom. The van der Waals surface area contributed by atoms with Gasteiger partial charge in [0.05, 0.1) is 11.6 Å². The Kier molecular flexibility index (Phi) is 3.37. The van der Waals surface area contributed by atoms with Crippen LogP contribution in [-0.4, -0.2) is 22.2 Å². The Hall–Kier alpha value is -2.36. The molecule has 2 aromatic rings. The molecule has 0 amide bonds. The fourth-order valence-electron chi connectivity index (χ4n) is 2.71. The van der Waals surface area contributed by atoms with Crippen LogP contribution in [0.15, 0.2) is 24.3 Å². The number of hydrogen-bond donors (Lipinski definition) is 1. The lowest BCUT2D eigenvalue weighted by Crippen LogP contribution is -2.20. The molecular weight excluding hydrogens is 266 g/mol. The Morgan fingerprint density at radius 3 is 3.05 bits per heavy atom. The molecule has 0 radical (unpaired) electrons. The monoisotopic (exact) mass is 283 g/mol. The molecule has 4 nitrogen and oxygen atoms in total. The van der Waals surface area contributed by atoms with E-state index in [4.69, 9.17) is 9.84 Å². The quantitative estimate of drug-likeness (QED) is 0.859. The minimum absolute atomic E-state index is 0.208. The zero-order chi connectivity index (χ0) is 15.0. The number of fused-ring (bicyclic) bond motifs is 2. The smallest absolute Gasteiger partial charge is 0.328 e. The molecule has 0 aliphatic carbocycles. The SMILES string of the molecule is Cc1c2c(nc3ccc(/C=C/C(=O)O)cc13)OC(C)CC2. The maximum Gasteiger partial charge on any atom is 0.328 e. The van der Waals surface area contributed by atoms with Crippen molar-refractivity contribution >= 4 is 22.9 Å². The van der Waals surface area contributed by atoms with Crippen LogP contribution in [0, 0.1) is 6.92 Å². The third-order valence-electron chi connectivity index (χ3n) is 3.89. The van der Waals surface area contributed by atoms with E-state index in [1.165, 1.54) is 11.1 Å². The van der Waals surface area contributed by atoms with Crippen molar-refractivity contribution in [2.45, 2.75) is 32.8 Å². The summed E-state index contributed by atoms with van der Waals surface area (Å²) in [6.07, 6.45) is 4.92. The molecule has 2 heterocycles. The maximum atomic E-state index is 10.6. The largest absolute Gasteiger partial charge is 0.478 e. The molecule has 1 unspecified atom stereocenters. The van der Waals surface area contributed by atoms with Gasteiger partial charge in [-0.25, -0.2) is 9.78 Å². The second-order valence-electron chi connectivity index (χ2n) is 5.44. The Bertz CT molecular complexity index is 749. The highest BCUT2D eigenvalue weighted by molar-refractivity contribution is 5.89.